The van der Waals surface area contributed by atoms with E-state index in [2.05, 4.69) is 11.1 Å². The van der Waals surface area contributed by atoms with Gasteiger partial charge in [-0.15, -0.1) is 0 Å². The third-order valence-electron chi connectivity index (χ3n) is 4.35. The minimum atomic E-state index is -4.20. The Balaban J connectivity index is 1.86. The Morgan fingerprint density at radius 3 is 2.72 bits per heavy atom. The van der Waals surface area contributed by atoms with Crippen LogP contribution in [0.5, 0.6) is 0 Å². The first-order valence-corrected chi connectivity index (χ1v) is 8.21. The molecular weight excluding hydrogens is 353 g/mol. The number of hydrogen-bond acceptors (Lipinski definition) is 4. The van der Waals surface area contributed by atoms with E-state index in [-0.39, 0.29) is 6.04 Å². The fourth-order valence-electron chi connectivity index (χ4n) is 3.11. The van der Waals surface area contributed by atoms with Crippen molar-refractivity contribution in [2.24, 2.45) is 0 Å². The summed E-state index contributed by atoms with van der Waals surface area (Å²) in [7, 11) is 0. The average Bonchev–Trinajstić information content (AvgIpc) is 2.54. The topological polar surface area (TPSA) is 43.2 Å². The van der Waals surface area contributed by atoms with Crippen molar-refractivity contribution in [3.05, 3.63) is 34.9 Å². The third-order valence-corrected chi connectivity index (χ3v) is 4.58. The number of hydrogen-bond donors (Lipinski definition) is 0. The Hall–Kier alpha value is -2.04. The molecule has 0 amide bonds. The Labute approximate surface area is 148 Å². The quantitative estimate of drug-likeness (QED) is 0.808. The van der Waals surface area contributed by atoms with Gasteiger partial charge in [-0.1, -0.05) is 11.6 Å². The van der Waals surface area contributed by atoms with Gasteiger partial charge in [0.2, 0.25) is 0 Å². The van der Waals surface area contributed by atoms with Crippen molar-refractivity contribution >= 4 is 28.3 Å². The van der Waals surface area contributed by atoms with Gasteiger partial charge in [-0.3, -0.25) is 4.90 Å². The van der Waals surface area contributed by atoms with E-state index in [0.29, 0.717) is 46.9 Å². The fourth-order valence-corrected chi connectivity index (χ4v) is 3.28. The third kappa shape index (κ3) is 3.97. The van der Waals surface area contributed by atoms with E-state index in [1.54, 1.807) is 31.2 Å². The molecule has 1 fully saturated rings. The van der Waals surface area contributed by atoms with Crippen LogP contribution in [0.1, 0.15) is 12.5 Å². The molecule has 1 aliphatic heterocycles. The van der Waals surface area contributed by atoms with E-state index in [9.17, 15) is 18.4 Å². The van der Waals surface area contributed by atoms with Crippen LogP contribution in [0.15, 0.2) is 24.3 Å². The lowest BCUT2D eigenvalue weighted by Gasteiger charge is -2.40. The number of halogens is 4. The Morgan fingerprint density at radius 2 is 2.08 bits per heavy atom. The second-order valence-corrected chi connectivity index (χ2v) is 6.62. The van der Waals surface area contributed by atoms with Crippen molar-refractivity contribution < 1.29 is 13.2 Å². The summed E-state index contributed by atoms with van der Waals surface area (Å²) in [5, 5.41) is 10.6. The molecule has 0 spiro atoms. The Morgan fingerprint density at radius 1 is 1.32 bits per heavy atom. The van der Waals surface area contributed by atoms with Crippen molar-refractivity contribution in [1.29, 1.82) is 5.26 Å². The summed E-state index contributed by atoms with van der Waals surface area (Å²) < 4.78 is 37.9. The number of alkyl halides is 3. The van der Waals surface area contributed by atoms with Gasteiger partial charge in [0, 0.05) is 36.1 Å². The summed E-state index contributed by atoms with van der Waals surface area (Å²) in [6, 6.07) is 8.69. The van der Waals surface area contributed by atoms with Crippen LogP contribution >= 0.6 is 11.6 Å². The molecule has 1 aromatic heterocycles. The highest BCUT2D eigenvalue weighted by Crippen LogP contribution is 2.27. The van der Waals surface area contributed by atoms with E-state index in [0.717, 1.165) is 0 Å². The van der Waals surface area contributed by atoms with E-state index in [1.807, 2.05) is 4.90 Å². The van der Waals surface area contributed by atoms with Crippen LogP contribution < -0.4 is 4.90 Å². The number of pyridine rings is 1. The van der Waals surface area contributed by atoms with Crippen molar-refractivity contribution in [3.8, 4) is 6.07 Å². The number of benzene rings is 1. The first kappa shape index (κ1) is 17.8. The minimum absolute atomic E-state index is 0.261. The molecule has 1 atom stereocenters. The highest BCUT2D eigenvalue weighted by molar-refractivity contribution is 6.31. The molecule has 0 N–H and O–H groups in total. The van der Waals surface area contributed by atoms with Crippen molar-refractivity contribution in [2.45, 2.75) is 19.1 Å². The summed E-state index contributed by atoms with van der Waals surface area (Å²) in [6.07, 6.45) is -4.20. The standard InChI is InChI=1S/C17H16ClF3N4/c1-11-9-24(4-5-25(11)10-17(19,20)21)16-6-12(8-22)14-7-13(18)2-3-15(14)23-16/h2-3,6-7,11H,4-5,9-10H2,1H3. The monoisotopic (exact) mass is 368 g/mol. The lowest BCUT2D eigenvalue weighted by molar-refractivity contribution is -0.150. The van der Waals surface area contributed by atoms with Gasteiger partial charge in [0.25, 0.3) is 0 Å². The van der Waals surface area contributed by atoms with Crippen LogP contribution in [0, 0.1) is 11.3 Å². The molecule has 3 rings (SSSR count). The van der Waals surface area contributed by atoms with E-state index < -0.39 is 12.7 Å². The molecule has 2 aromatic rings. The number of anilines is 1. The summed E-state index contributed by atoms with van der Waals surface area (Å²) in [4.78, 5) is 7.90. The second kappa shape index (κ2) is 6.70. The number of rotatable bonds is 2. The Kier molecular flexibility index (Phi) is 4.76. The molecule has 0 aliphatic carbocycles. The maximum atomic E-state index is 12.6. The number of nitriles is 1. The zero-order valence-electron chi connectivity index (χ0n) is 13.5. The highest BCUT2D eigenvalue weighted by atomic mass is 35.5. The summed E-state index contributed by atoms with van der Waals surface area (Å²) in [6.45, 7) is 2.01. The van der Waals surface area contributed by atoms with Crippen molar-refractivity contribution in [3.63, 3.8) is 0 Å². The summed E-state index contributed by atoms with van der Waals surface area (Å²) >= 11 is 5.98. The lowest BCUT2D eigenvalue weighted by Crippen LogP contribution is -2.54. The number of aromatic nitrogens is 1. The average molecular weight is 369 g/mol. The van der Waals surface area contributed by atoms with Gasteiger partial charge >= 0.3 is 6.18 Å². The number of nitrogens with zero attached hydrogens (tertiary/aromatic N) is 4. The molecule has 0 bridgehead atoms. The molecule has 1 unspecified atom stereocenters. The normalized spacial score (nSPS) is 19.2. The molecule has 8 heteroatoms. The maximum Gasteiger partial charge on any atom is 0.401 e. The van der Waals surface area contributed by atoms with Gasteiger partial charge in [-0.25, -0.2) is 4.98 Å². The zero-order chi connectivity index (χ0) is 18.2. The molecule has 0 saturated carbocycles. The largest absolute Gasteiger partial charge is 0.401 e. The maximum absolute atomic E-state index is 12.6. The molecule has 0 radical (unpaired) electrons. The van der Waals surface area contributed by atoms with Gasteiger partial charge in [0.05, 0.1) is 23.7 Å². The van der Waals surface area contributed by atoms with Crippen molar-refractivity contribution in [1.82, 2.24) is 9.88 Å². The first-order chi connectivity index (χ1) is 11.8. The van der Waals surface area contributed by atoms with Crippen LogP contribution in [0.4, 0.5) is 19.0 Å². The predicted octanol–water partition coefficient (Wildman–Crippen LogP) is 3.83. The Bertz CT molecular complexity index is 831. The van der Waals surface area contributed by atoms with Gasteiger partial charge < -0.3 is 4.90 Å². The van der Waals surface area contributed by atoms with E-state index in [4.69, 9.17) is 11.6 Å². The van der Waals surface area contributed by atoms with Gasteiger partial charge in [-0.2, -0.15) is 18.4 Å². The van der Waals surface area contributed by atoms with E-state index in [1.165, 1.54) is 4.90 Å². The first-order valence-electron chi connectivity index (χ1n) is 7.83. The van der Waals surface area contributed by atoms with Crippen LogP contribution in [0.2, 0.25) is 5.02 Å². The fraction of sp³-hybridized carbons (Fsp3) is 0.412. The smallest absolute Gasteiger partial charge is 0.354 e. The summed E-state index contributed by atoms with van der Waals surface area (Å²) in [5.74, 6) is 0.602. The molecule has 1 aromatic carbocycles. The molecule has 1 aliphatic rings. The van der Waals surface area contributed by atoms with Gasteiger partial charge in [0.1, 0.15) is 5.82 Å². The minimum Gasteiger partial charge on any atom is -0.354 e. The number of fused-ring (bicyclic) bond motifs is 1. The van der Waals surface area contributed by atoms with Crippen LogP contribution in [0.3, 0.4) is 0 Å². The predicted molar refractivity (Wildman–Crippen MR) is 90.8 cm³/mol. The van der Waals surface area contributed by atoms with Crippen molar-refractivity contribution in [2.75, 3.05) is 31.1 Å². The second-order valence-electron chi connectivity index (χ2n) is 6.18. The molecular formula is C17H16ClF3N4. The van der Waals surface area contributed by atoms with Gasteiger partial charge in [-0.05, 0) is 31.2 Å². The summed E-state index contributed by atoms with van der Waals surface area (Å²) in [5.41, 5.74) is 1.09. The van der Waals surface area contributed by atoms with Crippen LogP contribution in [-0.2, 0) is 0 Å². The number of piperazine rings is 1. The van der Waals surface area contributed by atoms with E-state index >= 15 is 0 Å². The highest BCUT2D eigenvalue weighted by Gasteiger charge is 2.35. The molecule has 2 heterocycles. The lowest BCUT2D eigenvalue weighted by atomic mass is 10.1. The zero-order valence-corrected chi connectivity index (χ0v) is 14.3. The van der Waals surface area contributed by atoms with Gasteiger partial charge in [0.15, 0.2) is 0 Å². The molecule has 4 nitrogen and oxygen atoms in total. The molecule has 132 valence electrons. The molecule has 25 heavy (non-hydrogen) atoms. The van der Waals surface area contributed by atoms with Crippen LogP contribution in [0.25, 0.3) is 10.9 Å². The SMILES string of the molecule is CC1CN(c2cc(C#N)c3cc(Cl)ccc3n2)CCN1CC(F)(F)F. The molecule has 1 saturated heterocycles. The van der Waals surface area contributed by atoms with Crippen LogP contribution in [-0.4, -0.2) is 48.3 Å².